The molecule has 0 amide bonds. The molecule has 1 N–H and O–H groups in total. The second-order valence-electron chi connectivity index (χ2n) is 3.88. The number of nitrogens with zero attached hydrogens (tertiary/aromatic N) is 1. The highest BCUT2D eigenvalue weighted by Gasteiger charge is 2.21. The molecule has 1 heterocycles. The van der Waals surface area contributed by atoms with Crippen LogP contribution in [0.5, 0.6) is 0 Å². The Hall–Kier alpha value is -1.37. The predicted molar refractivity (Wildman–Crippen MR) is 75.9 cm³/mol. The molecule has 0 radical (unpaired) electrons. The lowest BCUT2D eigenvalue weighted by atomic mass is 10.2. The molecule has 1 aromatic carbocycles. The SMILES string of the molecule is O=S(=O)(CC=C(Cl)c1ccc(Cl)cc1)c1n[nH]cc1F. The van der Waals surface area contributed by atoms with Crippen LogP contribution in [0.25, 0.3) is 5.03 Å². The van der Waals surface area contributed by atoms with Crippen LogP contribution in [-0.2, 0) is 9.84 Å². The first-order chi connectivity index (χ1) is 9.40. The van der Waals surface area contributed by atoms with Gasteiger partial charge >= 0.3 is 0 Å². The topological polar surface area (TPSA) is 62.8 Å². The van der Waals surface area contributed by atoms with Crippen LogP contribution in [0.4, 0.5) is 4.39 Å². The van der Waals surface area contributed by atoms with E-state index in [9.17, 15) is 12.8 Å². The van der Waals surface area contributed by atoms with Crippen molar-refractivity contribution in [1.29, 1.82) is 0 Å². The largest absolute Gasteiger partial charge is 0.281 e. The van der Waals surface area contributed by atoms with Gasteiger partial charge in [-0.3, -0.25) is 5.10 Å². The van der Waals surface area contributed by atoms with Gasteiger partial charge in [-0.2, -0.15) is 5.10 Å². The molecule has 20 heavy (non-hydrogen) atoms. The zero-order valence-corrected chi connectivity index (χ0v) is 12.3. The summed E-state index contributed by atoms with van der Waals surface area (Å²) in [5.41, 5.74) is 0.619. The third-order valence-corrected chi connectivity index (χ3v) is 4.56. The van der Waals surface area contributed by atoms with E-state index in [-0.39, 0.29) is 5.03 Å². The third kappa shape index (κ3) is 3.39. The number of halogens is 3. The highest BCUT2D eigenvalue weighted by molar-refractivity contribution is 7.91. The molecular weight excluding hydrogens is 326 g/mol. The van der Waals surface area contributed by atoms with E-state index in [4.69, 9.17) is 23.2 Å². The van der Waals surface area contributed by atoms with Crippen molar-refractivity contribution >= 4 is 38.1 Å². The first-order valence-corrected chi connectivity index (χ1v) is 7.84. The van der Waals surface area contributed by atoms with Crippen molar-refractivity contribution in [1.82, 2.24) is 10.2 Å². The first-order valence-electron chi connectivity index (χ1n) is 5.44. The maximum atomic E-state index is 13.2. The molecule has 2 rings (SSSR count). The molecule has 0 bridgehead atoms. The Morgan fingerprint density at radius 3 is 2.55 bits per heavy atom. The van der Waals surface area contributed by atoms with Crippen LogP contribution in [0.2, 0.25) is 5.02 Å². The molecule has 0 aliphatic heterocycles. The zero-order chi connectivity index (χ0) is 14.8. The highest BCUT2D eigenvalue weighted by atomic mass is 35.5. The van der Waals surface area contributed by atoms with Gasteiger partial charge in [-0.1, -0.05) is 35.3 Å². The number of hydrogen-bond acceptors (Lipinski definition) is 3. The lowest BCUT2D eigenvalue weighted by Crippen LogP contribution is -2.07. The normalized spacial score (nSPS) is 12.7. The Morgan fingerprint density at radius 1 is 1.35 bits per heavy atom. The van der Waals surface area contributed by atoms with Gasteiger partial charge in [-0.15, -0.1) is 0 Å². The first kappa shape index (κ1) is 15.0. The van der Waals surface area contributed by atoms with Crippen LogP contribution in [-0.4, -0.2) is 24.4 Å². The molecule has 0 spiro atoms. The molecule has 8 heteroatoms. The minimum absolute atomic E-state index is 0.237. The Labute approximate surface area is 125 Å². The summed E-state index contributed by atoms with van der Waals surface area (Å²) in [6.07, 6.45) is 2.16. The third-order valence-electron chi connectivity index (χ3n) is 2.46. The van der Waals surface area contributed by atoms with E-state index in [1.54, 1.807) is 24.3 Å². The molecule has 0 unspecified atom stereocenters. The number of sulfone groups is 1. The monoisotopic (exact) mass is 334 g/mol. The summed E-state index contributed by atoms with van der Waals surface area (Å²) in [6, 6.07) is 6.58. The Morgan fingerprint density at radius 2 is 2.00 bits per heavy atom. The fraction of sp³-hybridized carbons (Fsp3) is 0.0833. The van der Waals surface area contributed by atoms with Gasteiger partial charge in [-0.05, 0) is 23.8 Å². The van der Waals surface area contributed by atoms with Gasteiger partial charge in [0.05, 0.1) is 11.9 Å². The van der Waals surface area contributed by atoms with Crippen molar-refractivity contribution in [2.45, 2.75) is 5.03 Å². The quantitative estimate of drug-likeness (QED) is 0.933. The molecule has 1 aromatic heterocycles. The number of aromatic amines is 1. The van der Waals surface area contributed by atoms with E-state index in [0.717, 1.165) is 6.20 Å². The smallest absolute Gasteiger partial charge is 0.212 e. The van der Waals surface area contributed by atoms with Gasteiger partial charge in [0.2, 0.25) is 14.9 Å². The Bertz CT molecular complexity index is 739. The van der Waals surface area contributed by atoms with E-state index >= 15 is 0 Å². The number of hydrogen-bond donors (Lipinski definition) is 1. The molecule has 106 valence electrons. The van der Waals surface area contributed by atoms with Gasteiger partial charge in [0.25, 0.3) is 0 Å². The lowest BCUT2D eigenvalue weighted by molar-refractivity contribution is 0.564. The standard InChI is InChI=1S/C12H9Cl2FN2O2S/c13-9-3-1-8(2-4-9)10(14)5-6-20(18,19)12-11(15)7-16-17-12/h1-5,7H,6H2,(H,16,17). The summed E-state index contributed by atoms with van der Waals surface area (Å²) in [4.78, 5) is 0. The van der Waals surface area contributed by atoms with Crippen LogP contribution in [0.1, 0.15) is 5.56 Å². The van der Waals surface area contributed by atoms with E-state index in [2.05, 4.69) is 10.2 Å². The lowest BCUT2D eigenvalue weighted by Gasteiger charge is -2.01. The minimum Gasteiger partial charge on any atom is -0.281 e. The minimum atomic E-state index is -3.86. The summed E-state index contributed by atoms with van der Waals surface area (Å²) in [5, 5.41) is 5.70. The highest BCUT2D eigenvalue weighted by Crippen LogP contribution is 2.22. The maximum Gasteiger partial charge on any atom is 0.212 e. The number of rotatable bonds is 4. The van der Waals surface area contributed by atoms with Gasteiger partial charge in [0.1, 0.15) is 0 Å². The average molecular weight is 335 g/mol. The summed E-state index contributed by atoms with van der Waals surface area (Å²) in [6.45, 7) is 0. The van der Waals surface area contributed by atoms with E-state index in [0.29, 0.717) is 10.6 Å². The van der Waals surface area contributed by atoms with Crippen LogP contribution >= 0.6 is 23.2 Å². The molecule has 0 saturated heterocycles. The van der Waals surface area contributed by atoms with E-state index in [1.807, 2.05) is 0 Å². The molecule has 0 aliphatic carbocycles. The van der Waals surface area contributed by atoms with Crippen molar-refractivity contribution in [2.24, 2.45) is 0 Å². The second-order valence-corrected chi connectivity index (χ2v) is 6.67. The fourth-order valence-electron chi connectivity index (χ4n) is 1.47. The average Bonchev–Trinajstić information content (AvgIpc) is 2.84. The van der Waals surface area contributed by atoms with Gasteiger partial charge in [0, 0.05) is 10.1 Å². The number of H-pyrrole nitrogens is 1. The second kappa shape index (κ2) is 5.95. The maximum absolute atomic E-state index is 13.2. The van der Waals surface area contributed by atoms with Gasteiger partial charge in [0.15, 0.2) is 5.82 Å². The number of benzene rings is 1. The van der Waals surface area contributed by atoms with Crippen molar-refractivity contribution in [3.05, 3.63) is 52.9 Å². The van der Waals surface area contributed by atoms with E-state index < -0.39 is 26.4 Å². The molecule has 0 fully saturated rings. The van der Waals surface area contributed by atoms with Crippen molar-refractivity contribution in [2.75, 3.05) is 5.75 Å². The summed E-state index contributed by atoms with van der Waals surface area (Å²) in [5.74, 6) is -1.36. The fourth-order valence-corrected chi connectivity index (χ4v) is 2.98. The zero-order valence-electron chi connectivity index (χ0n) is 9.98. The Kier molecular flexibility index (Phi) is 4.47. The Balaban J connectivity index is 2.20. The molecule has 0 atom stereocenters. The van der Waals surface area contributed by atoms with Crippen LogP contribution in [0.15, 0.2) is 41.6 Å². The van der Waals surface area contributed by atoms with Gasteiger partial charge in [-0.25, -0.2) is 12.8 Å². The molecule has 4 nitrogen and oxygen atoms in total. The van der Waals surface area contributed by atoms with Crippen molar-refractivity contribution < 1.29 is 12.8 Å². The van der Waals surface area contributed by atoms with Gasteiger partial charge < -0.3 is 0 Å². The summed E-state index contributed by atoms with van der Waals surface area (Å²) in [7, 11) is -3.86. The van der Waals surface area contributed by atoms with Crippen LogP contribution < -0.4 is 0 Å². The number of aromatic nitrogens is 2. The molecule has 2 aromatic rings. The number of nitrogens with one attached hydrogen (secondary N) is 1. The van der Waals surface area contributed by atoms with Crippen LogP contribution in [0.3, 0.4) is 0 Å². The van der Waals surface area contributed by atoms with Crippen LogP contribution in [0, 0.1) is 5.82 Å². The summed E-state index contributed by atoms with van der Waals surface area (Å²) < 4.78 is 36.9. The summed E-state index contributed by atoms with van der Waals surface area (Å²) >= 11 is 11.7. The van der Waals surface area contributed by atoms with E-state index in [1.165, 1.54) is 6.08 Å². The van der Waals surface area contributed by atoms with Crippen molar-refractivity contribution in [3.8, 4) is 0 Å². The molecule has 0 aliphatic rings. The molecular formula is C12H9Cl2FN2O2S. The predicted octanol–water partition coefficient (Wildman–Crippen LogP) is 3.26. The molecule has 0 saturated carbocycles. The van der Waals surface area contributed by atoms with Crippen molar-refractivity contribution in [3.63, 3.8) is 0 Å².